The second kappa shape index (κ2) is 5.34. The van der Waals surface area contributed by atoms with Crippen LogP contribution >= 0.6 is 0 Å². The molecule has 6 heteroatoms. The minimum atomic E-state index is -4.56. The summed E-state index contributed by atoms with van der Waals surface area (Å²) in [6.07, 6.45) is -3.23. The van der Waals surface area contributed by atoms with Gasteiger partial charge in [0.25, 0.3) is 0 Å². The molecule has 0 fully saturated rings. The average molecular weight is 224 g/mol. The van der Waals surface area contributed by atoms with Crippen LogP contribution in [0.15, 0.2) is 4.99 Å². The van der Waals surface area contributed by atoms with Gasteiger partial charge in [0.1, 0.15) is 0 Å². The van der Waals surface area contributed by atoms with E-state index >= 15 is 0 Å². The van der Waals surface area contributed by atoms with Crippen LogP contribution in [0.25, 0.3) is 0 Å². The van der Waals surface area contributed by atoms with Gasteiger partial charge in [-0.05, 0) is 12.8 Å². The van der Waals surface area contributed by atoms with Crippen LogP contribution in [0.1, 0.15) is 25.7 Å². The molecule has 0 spiro atoms. The second-order valence-electron chi connectivity index (χ2n) is 3.58. The zero-order valence-electron chi connectivity index (χ0n) is 8.35. The summed E-state index contributed by atoms with van der Waals surface area (Å²) >= 11 is 0. The maximum Gasteiger partial charge on any atom is 0.416 e. The Labute approximate surface area is 86.4 Å². The molecule has 0 saturated heterocycles. The largest absolute Gasteiger partial charge is 0.416 e. The minimum absolute atomic E-state index is 0.512. The average Bonchev–Trinajstić information content (AvgIpc) is 2.40. The lowest BCUT2D eigenvalue weighted by Gasteiger charge is -2.16. The van der Waals surface area contributed by atoms with E-state index < -0.39 is 18.8 Å². The van der Waals surface area contributed by atoms with Gasteiger partial charge in [-0.3, -0.25) is 4.99 Å². The normalized spacial score (nSPS) is 20.4. The van der Waals surface area contributed by atoms with Crippen molar-refractivity contribution in [3.8, 4) is 0 Å². The number of nitrogens with zero attached hydrogens (tertiary/aromatic N) is 1. The standard InChI is InChI=1S/C9H15F3N2O/c10-9(11,12)7(15)6-14-8-4-2-1-3-5-13-8/h7,15H,1-6H2,(H,13,14). The van der Waals surface area contributed by atoms with Crippen molar-refractivity contribution in [2.24, 2.45) is 4.99 Å². The zero-order chi connectivity index (χ0) is 11.3. The van der Waals surface area contributed by atoms with Gasteiger partial charge >= 0.3 is 6.18 Å². The monoisotopic (exact) mass is 224 g/mol. The van der Waals surface area contributed by atoms with Crippen LogP contribution in [-0.4, -0.2) is 36.3 Å². The van der Waals surface area contributed by atoms with Gasteiger partial charge in [0.05, 0.1) is 12.4 Å². The van der Waals surface area contributed by atoms with E-state index in [1.54, 1.807) is 0 Å². The molecule has 1 rings (SSSR count). The van der Waals surface area contributed by atoms with E-state index in [0.717, 1.165) is 19.3 Å². The van der Waals surface area contributed by atoms with E-state index in [4.69, 9.17) is 5.11 Å². The summed E-state index contributed by atoms with van der Waals surface area (Å²) in [6.45, 7) is 0.146. The molecule has 1 atom stereocenters. The van der Waals surface area contributed by atoms with Gasteiger partial charge in [0.2, 0.25) is 0 Å². The van der Waals surface area contributed by atoms with Crippen LogP contribution in [0.4, 0.5) is 13.2 Å². The van der Waals surface area contributed by atoms with E-state index in [1.165, 1.54) is 0 Å². The molecule has 88 valence electrons. The number of alkyl halides is 3. The molecule has 1 unspecified atom stereocenters. The Morgan fingerprint density at radius 3 is 2.73 bits per heavy atom. The smallest absolute Gasteiger partial charge is 0.382 e. The predicted molar refractivity (Wildman–Crippen MR) is 50.8 cm³/mol. The number of amidine groups is 1. The van der Waals surface area contributed by atoms with Crippen LogP contribution in [-0.2, 0) is 0 Å². The lowest BCUT2D eigenvalue weighted by molar-refractivity contribution is -0.201. The van der Waals surface area contributed by atoms with Crippen LogP contribution in [0.3, 0.4) is 0 Å². The number of aliphatic hydroxyl groups is 1. The SMILES string of the molecule is OC(CNC1=NCCCCC1)C(F)(F)F. The van der Waals surface area contributed by atoms with Gasteiger partial charge in [-0.25, -0.2) is 0 Å². The van der Waals surface area contributed by atoms with Crippen LogP contribution < -0.4 is 5.32 Å². The Morgan fingerprint density at radius 2 is 2.07 bits per heavy atom. The van der Waals surface area contributed by atoms with Gasteiger partial charge in [0, 0.05) is 13.0 Å². The topological polar surface area (TPSA) is 44.6 Å². The molecule has 0 aromatic heterocycles. The molecule has 1 aliphatic heterocycles. The molecule has 0 saturated carbocycles. The first-order chi connectivity index (χ1) is 7.00. The van der Waals surface area contributed by atoms with Crippen molar-refractivity contribution >= 4 is 5.84 Å². The first kappa shape index (κ1) is 12.3. The summed E-state index contributed by atoms with van der Waals surface area (Å²) in [5, 5.41) is 11.3. The highest BCUT2D eigenvalue weighted by atomic mass is 19.4. The highest BCUT2D eigenvalue weighted by Gasteiger charge is 2.37. The first-order valence-corrected chi connectivity index (χ1v) is 5.02. The van der Waals surface area contributed by atoms with Gasteiger partial charge < -0.3 is 10.4 Å². The number of nitrogens with one attached hydrogen (secondary N) is 1. The molecule has 0 amide bonds. The molecule has 0 aromatic rings. The molecule has 1 heterocycles. The molecule has 0 aromatic carbocycles. The van der Waals surface area contributed by atoms with Gasteiger partial charge in [-0.1, -0.05) is 6.42 Å². The molecule has 0 aliphatic carbocycles. The maximum atomic E-state index is 12.0. The van der Waals surface area contributed by atoms with E-state index in [9.17, 15) is 13.2 Å². The Balaban J connectivity index is 2.32. The van der Waals surface area contributed by atoms with Crippen molar-refractivity contribution in [3.05, 3.63) is 0 Å². The lowest BCUT2D eigenvalue weighted by atomic mass is 10.2. The predicted octanol–water partition coefficient (Wildman–Crippen LogP) is 1.47. The third-order valence-electron chi connectivity index (χ3n) is 2.25. The summed E-state index contributed by atoms with van der Waals surface area (Å²) in [7, 11) is 0. The van der Waals surface area contributed by atoms with Gasteiger partial charge in [-0.2, -0.15) is 13.2 Å². The zero-order valence-corrected chi connectivity index (χ0v) is 8.35. The molecule has 2 N–H and O–H groups in total. The second-order valence-corrected chi connectivity index (χ2v) is 3.58. The Hall–Kier alpha value is -0.780. The van der Waals surface area contributed by atoms with Crippen molar-refractivity contribution in [1.29, 1.82) is 0 Å². The summed E-state index contributed by atoms with van der Waals surface area (Å²) < 4.78 is 35.9. The van der Waals surface area contributed by atoms with Gasteiger partial charge in [-0.15, -0.1) is 0 Å². The molecule has 15 heavy (non-hydrogen) atoms. The van der Waals surface area contributed by atoms with Crippen molar-refractivity contribution in [2.45, 2.75) is 38.0 Å². The van der Waals surface area contributed by atoms with Crippen molar-refractivity contribution in [2.75, 3.05) is 13.1 Å². The molecular formula is C9H15F3N2O. The lowest BCUT2D eigenvalue weighted by Crippen LogP contribution is -2.40. The number of hydrogen-bond acceptors (Lipinski definition) is 3. The summed E-state index contributed by atoms with van der Waals surface area (Å²) in [6, 6.07) is 0. The minimum Gasteiger partial charge on any atom is -0.382 e. The van der Waals surface area contributed by atoms with Crippen LogP contribution in [0.5, 0.6) is 0 Å². The van der Waals surface area contributed by atoms with E-state index in [2.05, 4.69) is 10.3 Å². The Kier molecular flexibility index (Phi) is 4.38. The quantitative estimate of drug-likeness (QED) is 0.746. The molecule has 1 aliphatic rings. The highest BCUT2D eigenvalue weighted by molar-refractivity contribution is 5.82. The fourth-order valence-corrected chi connectivity index (χ4v) is 1.35. The number of halogens is 3. The van der Waals surface area contributed by atoms with Crippen molar-refractivity contribution < 1.29 is 18.3 Å². The van der Waals surface area contributed by atoms with Gasteiger partial charge in [0.15, 0.2) is 6.10 Å². The number of aliphatic hydroxyl groups excluding tert-OH is 1. The molecular weight excluding hydrogens is 209 g/mol. The molecule has 3 nitrogen and oxygen atoms in total. The van der Waals surface area contributed by atoms with Crippen molar-refractivity contribution in [3.63, 3.8) is 0 Å². The molecule has 0 bridgehead atoms. The third-order valence-corrected chi connectivity index (χ3v) is 2.25. The Morgan fingerprint density at radius 1 is 1.33 bits per heavy atom. The Bertz CT molecular complexity index is 228. The number of aliphatic imine (C=N–C) groups is 1. The van der Waals surface area contributed by atoms with E-state index in [1.807, 2.05) is 0 Å². The van der Waals surface area contributed by atoms with E-state index in [-0.39, 0.29) is 0 Å². The van der Waals surface area contributed by atoms with Crippen LogP contribution in [0.2, 0.25) is 0 Å². The summed E-state index contributed by atoms with van der Waals surface area (Å²) in [5.41, 5.74) is 0. The maximum absolute atomic E-state index is 12.0. The number of rotatable bonds is 2. The highest BCUT2D eigenvalue weighted by Crippen LogP contribution is 2.19. The van der Waals surface area contributed by atoms with E-state index in [0.29, 0.717) is 18.8 Å². The number of hydrogen-bond donors (Lipinski definition) is 2. The fraction of sp³-hybridized carbons (Fsp3) is 0.889. The van der Waals surface area contributed by atoms with Crippen LogP contribution in [0, 0.1) is 0 Å². The summed E-state index contributed by atoms with van der Waals surface area (Å²) in [5.74, 6) is 0.579. The molecule has 0 radical (unpaired) electrons. The third kappa shape index (κ3) is 4.51. The van der Waals surface area contributed by atoms with Crippen molar-refractivity contribution in [1.82, 2.24) is 5.32 Å². The first-order valence-electron chi connectivity index (χ1n) is 5.02. The summed E-state index contributed by atoms with van der Waals surface area (Å²) in [4.78, 5) is 4.10. The fourth-order valence-electron chi connectivity index (χ4n) is 1.35.